The third kappa shape index (κ3) is 95.4. The molecule has 0 saturated heterocycles. The van der Waals surface area contributed by atoms with Crippen LogP contribution < -0.4 is 0 Å². The van der Waals surface area contributed by atoms with E-state index >= 15 is 0 Å². The molecule has 8 heteroatoms. The van der Waals surface area contributed by atoms with Gasteiger partial charge in [-0.25, -0.2) is 0 Å². The van der Waals surface area contributed by atoms with E-state index in [-0.39, 0.29) is 5.97 Å². The van der Waals surface area contributed by atoms with Crippen molar-refractivity contribution in [3.8, 4) is 0 Å². The van der Waals surface area contributed by atoms with Crippen molar-refractivity contribution >= 4 is 23.9 Å². The number of methoxy groups -OCH3 is 1. The molecule has 0 aliphatic rings. The lowest BCUT2D eigenvalue weighted by Crippen LogP contribution is -1.98. The molecule has 0 saturated carbocycles. The molecule has 0 aromatic rings. The second-order valence-electron chi connectivity index (χ2n) is 21.7. The Morgan fingerprint density at radius 3 is 0.691 bits per heavy atom. The first-order valence-electron chi connectivity index (χ1n) is 33.5. The van der Waals surface area contributed by atoms with Gasteiger partial charge in [-0.05, 0) is 154 Å². The minimum absolute atomic E-state index is 0.0818. The van der Waals surface area contributed by atoms with Gasteiger partial charge in [0.15, 0.2) is 0 Å². The minimum Gasteiger partial charge on any atom is -0.481 e. The van der Waals surface area contributed by atoms with E-state index in [1.807, 2.05) is 0 Å². The van der Waals surface area contributed by atoms with Gasteiger partial charge in [0.25, 0.3) is 0 Å². The number of carboxylic acid groups (broad SMARTS) is 3. The Morgan fingerprint density at radius 1 is 0.247 bits per heavy atom. The number of ether oxygens (including phenoxy) is 1. The summed E-state index contributed by atoms with van der Waals surface area (Å²) in [5.41, 5.74) is 0. The first kappa shape index (κ1) is 83.3. The van der Waals surface area contributed by atoms with Crippen LogP contribution in [-0.2, 0) is 23.9 Å². The molecular formula is C73H130O8. The van der Waals surface area contributed by atoms with Gasteiger partial charge in [-0.2, -0.15) is 0 Å². The normalized spacial score (nSPS) is 11.6. The van der Waals surface area contributed by atoms with E-state index in [1.54, 1.807) is 0 Å². The van der Waals surface area contributed by atoms with E-state index in [2.05, 4.69) is 130 Å². The van der Waals surface area contributed by atoms with Crippen molar-refractivity contribution < 1.29 is 39.2 Å². The maximum atomic E-state index is 10.9. The van der Waals surface area contributed by atoms with Gasteiger partial charge in [0.1, 0.15) is 0 Å². The van der Waals surface area contributed by atoms with Gasteiger partial charge in [-0.1, -0.05) is 253 Å². The van der Waals surface area contributed by atoms with Gasteiger partial charge in [0, 0.05) is 25.7 Å². The van der Waals surface area contributed by atoms with Crippen molar-refractivity contribution in [3.63, 3.8) is 0 Å². The number of aliphatic carboxylic acids is 3. The van der Waals surface area contributed by atoms with E-state index in [4.69, 9.17) is 15.3 Å². The van der Waals surface area contributed by atoms with Crippen LogP contribution in [0.2, 0.25) is 0 Å². The van der Waals surface area contributed by atoms with Crippen LogP contribution in [0.3, 0.4) is 0 Å². The van der Waals surface area contributed by atoms with E-state index in [0.717, 1.165) is 89.9 Å². The van der Waals surface area contributed by atoms with Crippen molar-refractivity contribution in [1.29, 1.82) is 0 Å². The highest BCUT2D eigenvalue weighted by atomic mass is 16.5. The van der Waals surface area contributed by atoms with Crippen LogP contribution in [0.15, 0.2) is 97.2 Å². The average Bonchev–Trinajstić information content (AvgIpc) is 3.45. The topological polar surface area (TPSA) is 138 Å². The zero-order valence-corrected chi connectivity index (χ0v) is 53.6. The third-order valence-corrected chi connectivity index (χ3v) is 13.6. The summed E-state index contributed by atoms with van der Waals surface area (Å²) >= 11 is 0. The molecule has 81 heavy (non-hydrogen) atoms. The summed E-state index contributed by atoms with van der Waals surface area (Å²) in [4.78, 5) is 41.9. The Morgan fingerprint density at radius 2 is 0.444 bits per heavy atom. The predicted octanol–water partition coefficient (Wildman–Crippen LogP) is 23.6. The summed E-state index contributed by atoms with van der Waals surface area (Å²) in [6, 6.07) is 0. The van der Waals surface area contributed by atoms with Crippen molar-refractivity contribution in [1.82, 2.24) is 0 Å². The van der Waals surface area contributed by atoms with Gasteiger partial charge in [0.05, 0.1) is 7.11 Å². The van der Waals surface area contributed by atoms with Crippen molar-refractivity contribution in [2.75, 3.05) is 7.11 Å². The number of unbranched alkanes of at least 4 members (excludes halogenated alkanes) is 32. The summed E-state index contributed by atoms with van der Waals surface area (Å²) in [5, 5.41) is 25.5. The quantitative estimate of drug-likeness (QED) is 0.0311. The third-order valence-electron chi connectivity index (χ3n) is 13.6. The summed E-state index contributed by atoms with van der Waals surface area (Å²) in [7, 11) is 1.45. The van der Waals surface area contributed by atoms with Gasteiger partial charge in [0.2, 0.25) is 0 Å². The molecule has 470 valence electrons. The van der Waals surface area contributed by atoms with E-state index in [1.165, 1.54) is 200 Å². The summed E-state index contributed by atoms with van der Waals surface area (Å²) < 4.78 is 4.62. The zero-order valence-electron chi connectivity index (χ0n) is 53.6. The van der Waals surface area contributed by atoms with Gasteiger partial charge in [-0.15, -0.1) is 0 Å². The lowest BCUT2D eigenvalue weighted by atomic mass is 10.1. The molecule has 0 aromatic carbocycles. The number of rotatable bonds is 56. The lowest BCUT2D eigenvalue weighted by molar-refractivity contribution is -0.141. The highest BCUT2D eigenvalue weighted by Gasteiger charge is 2.00. The van der Waals surface area contributed by atoms with Crippen molar-refractivity contribution in [3.05, 3.63) is 97.2 Å². The molecule has 0 aliphatic heterocycles. The molecule has 0 fully saturated rings. The number of allylic oxidation sites excluding steroid dienone is 16. The molecule has 0 rings (SSSR count). The van der Waals surface area contributed by atoms with Crippen LogP contribution in [0.1, 0.15) is 336 Å². The van der Waals surface area contributed by atoms with Crippen LogP contribution in [0.4, 0.5) is 0 Å². The van der Waals surface area contributed by atoms with Crippen LogP contribution in [0.25, 0.3) is 0 Å². The number of hydrogen-bond acceptors (Lipinski definition) is 5. The maximum Gasteiger partial charge on any atom is 0.305 e. The molecule has 0 aliphatic carbocycles. The number of carbonyl (C=O) groups is 4. The van der Waals surface area contributed by atoms with Gasteiger partial charge >= 0.3 is 23.9 Å². The summed E-state index contributed by atoms with van der Waals surface area (Å²) in [5.74, 6) is -2.09. The predicted molar refractivity (Wildman–Crippen MR) is 352 cm³/mol. The Bertz CT molecular complexity index is 1400. The lowest BCUT2D eigenvalue weighted by Gasteiger charge is -2.00. The first-order valence-corrected chi connectivity index (χ1v) is 33.5. The standard InChI is InChI=1S/C19H34O2.3C18H32O2/c1-3-4-5-6-7-8-9-10-11-12-13-14-15-16-17-18-19(20)21-2;3*1-2-3-4-5-6-7-8-9-10-11-12-13-14-15-16-17-18(19)20/h6-7,10-11H,3-5,8-9,12-18H2,1-2H3;3*6-7,9-10H,2-5,8,11-17H2,1H3,(H,19,20)/b7-6?,11-10+;3*7-6?,10-9+. The number of esters is 1. The van der Waals surface area contributed by atoms with E-state index in [9.17, 15) is 19.2 Å². The molecule has 0 unspecified atom stereocenters. The number of hydrogen-bond donors (Lipinski definition) is 3. The Balaban J connectivity index is -0.000000488. The first-order chi connectivity index (χ1) is 39.6. The monoisotopic (exact) mass is 1130 g/mol. The largest absolute Gasteiger partial charge is 0.481 e. The Kier molecular flexibility index (Phi) is 82.3. The van der Waals surface area contributed by atoms with Crippen LogP contribution in [-0.4, -0.2) is 46.3 Å². The van der Waals surface area contributed by atoms with E-state index in [0.29, 0.717) is 25.7 Å². The minimum atomic E-state index is -0.671. The van der Waals surface area contributed by atoms with E-state index < -0.39 is 17.9 Å². The molecular weight excluding hydrogens is 1000 g/mol. The highest BCUT2D eigenvalue weighted by molar-refractivity contribution is 5.69. The SMILES string of the molecule is CCCCC=CCC/C=C/CCCCCCCC(=O)OC.CCCCCC=CC/C=C/CCCCCCCC(=O)O.CCCCCC=CC/C=C/CCCCCCCC(=O)O.CCCCCC=CC/C=C/CCCCCCCC(=O)O. The molecule has 0 heterocycles. The van der Waals surface area contributed by atoms with Gasteiger partial charge in [-0.3, -0.25) is 19.2 Å². The van der Waals surface area contributed by atoms with Gasteiger partial charge < -0.3 is 20.1 Å². The van der Waals surface area contributed by atoms with Crippen LogP contribution >= 0.6 is 0 Å². The molecule has 0 atom stereocenters. The molecule has 0 radical (unpaired) electrons. The second kappa shape index (κ2) is 80.0. The molecule has 3 N–H and O–H groups in total. The average molecular weight is 1140 g/mol. The second-order valence-corrected chi connectivity index (χ2v) is 21.7. The molecule has 0 aromatic heterocycles. The molecule has 0 spiro atoms. The maximum absolute atomic E-state index is 10.9. The summed E-state index contributed by atoms with van der Waals surface area (Å²) in [6.45, 7) is 8.94. The van der Waals surface area contributed by atoms with Crippen LogP contribution in [0.5, 0.6) is 0 Å². The summed E-state index contributed by atoms with van der Waals surface area (Å²) in [6.07, 6.45) is 89.9. The smallest absolute Gasteiger partial charge is 0.305 e. The fourth-order valence-corrected chi connectivity index (χ4v) is 8.41. The van der Waals surface area contributed by atoms with Crippen LogP contribution in [0, 0.1) is 0 Å². The number of carbonyl (C=O) groups excluding carboxylic acids is 1. The Hall–Kier alpha value is -4.20. The zero-order chi connectivity index (χ0) is 60.3. The van der Waals surface area contributed by atoms with Crippen molar-refractivity contribution in [2.45, 2.75) is 336 Å². The number of carboxylic acids is 3. The highest BCUT2D eigenvalue weighted by Crippen LogP contribution is 2.12. The Labute approximate surface area is 501 Å². The molecule has 0 bridgehead atoms. The fraction of sp³-hybridized carbons (Fsp3) is 0.726. The van der Waals surface area contributed by atoms with Crippen molar-refractivity contribution in [2.24, 2.45) is 0 Å². The molecule has 8 nitrogen and oxygen atoms in total. The fourth-order valence-electron chi connectivity index (χ4n) is 8.41. The molecule has 0 amide bonds.